The molecule has 1 fully saturated rings. The van der Waals surface area contributed by atoms with Gasteiger partial charge >= 0.3 is 0 Å². The molecule has 6 nitrogen and oxygen atoms in total. The summed E-state index contributed by atoms with van der Waals surface area (Å²) in [5.41, 5.74) is 2.71. The van der Waals surface area contributed by atoms with Gasteiger partial charge in [0.05, 0.1) is 17.8 Å². The summed E-state index contributed by atoms with van der Waals surface area (Å²) >= 11 is 0. The molecule has 2 heterocycles. The number of fused-ring (bicyclic) bond motifs is 1. The molecule has 6 heteroatoms. The van der Waals surface area contributed by atoms with Crippen LogP contribution >= 0.6 is 0 Å². The Balaban J connectivity index is 1.52. The first-order valence-corrected chi connectivity index (χ1v) is 9.10. The molecule has 0 bridgehead atoms. The summed E-state index contributed by atoms with van der Waals surface area (Å²) in [6.45, 7) is 8.72. The maximum absolute atomic E-state index is 5.47. The van der Waals surface area contributed by atoms with Gasteiger partial charge in [-0.1, -0.05) is 5.16 Å². The minimum atomic E-state index is 0.0206. The number of aromatic nitrogens is 4. The van der Waals surface area contributed by atoms with Crippen molar-refractivity contribution in [1.82, 2.24) is 25.2 Å². The molecule has 130 valence electrons. The average molecular weight is 329 g/mol. The van der Waals surface area contributed by atoms with Gasteiger partial charge in [0.15, 0.2) is 5.82 Å². The van der Waals surface area contributed by atoms with Gasteiger partial charge in [0.1, 0.15) is 0 Å². The second-order valence-electron chi connectivity index (χ2n) is 8.23. The van der Waals surface area contributed by atoms with E-state index in [1.807, 2.05) is 6.20 Å². The van der Waals surface area contributed by atoms with E-state index in [2.05, 4.69) is 52.9 Å². The molecule has 24 heavy (non-hydrogen) atoms. The number of rotatable bonds is 4. The normalized spacial score (nSPS) is 22.4. The van der Waals surface area contributed by atoms with Crippen LogP contribution in [0.25, 0.3) is 0 Å². The van der Waals surface area contributed by atoms with Gasteiger partial charge in [-0.3, -0.25) is 10.00 Å². The molecule has 1 saturated carbocycles. The zero-order chi connectivity index (χ0) is 16.9. The first-order valence-electron chi connectivity index (χ1n) is 9.10. The summed E-state index contributed by atoms with van der Waals surface area (Å²) in [7, 11) is 0. The molecule has 0 amide bonds. The van der Waals surface area contributed by atoms with Crippen molar-refractivity contribution in [2.45, 2.75) is 83.3 Å². The molecule has 2 aromatic heterocycles. The molecule has 2 aliphatic carbocycles. The van der Waals surface area contributed by atoms with Crippen LogP contribution in [0.4, 0.5) is 0 Å². The van der Waals surface area contributed by atoms with Gasteiger partial charge in [-0.05, 0) is 59.8 Å². The van der Waals surface area contributed by atoms with Gasteiger partial charge in [-0.15, -0.1) is 0 Å². The maximum Gasteiger partial charge on any atom is 0.243 e. The monoisotopic (exact) mass is 329 g/mol. The fraction of sp³-hybridized carbons (Fsp3) is 0.722. The van der Waals surface area contributed by atoms with Crippen LogP contribution in [0.15, 0.2) is 10.7 Å². The van der Waals surface area contributed by atoms with Crippen LogP contribution in [-0.2, 0) is 12.0 Å². The number of hydrogen-bond donors (Lipinski definition) is 1. The zero-order valence-corrected chi connectivity index (χ0v) is 15.0. The van der Waals surface area contributed by atoms with Gasteiger partial charge in [0, 0.05) is 23.2 Å². The topological polar surface area (TPSA) is 68.8 Å². The third kappa shape index (κ3) is 2.88. The highest BCUT2D eigenvalue weighted by molar-refractivity contribution is 5.26. The highest BCUT2D eigenvalue weighted by Crippen LogP contribution is 2.39. The minimum absolute atomic E-state index is 0.0206. The fourth-order valence-electron chi connectivity index (χ4n) is 3.61. The number of nitrogens with zero attached hydrogens (tertiary/aromatic N) is 4. The Morgan fingerprint density at radius 2 is 2.08 bits per heavy atom. The molecule has 0 aliphatic heterocycles. The molecule has 0 aromatic carbocycles. The lowest BCUT2D eigenvalue weighted by Crippen LogP contribution is -2.30. The van der Waals surface area contributed by atoms with Crippen molar-refractivity contribution in [3.63, 3.8) is 0 Å². The largest absolute Gasteiger partial charge is 0.338 e. The molecule has 2 atom stereocenters. The smallest absolute Gasteiger partial charge is 0.243 e. The Labute approximate surface area is 143 Å². The number of nitrogens with one attached hydrogen (secondary N) is 1. The Morgan fingerprint density at radius 3 is 2.79 bits per heavy atom. The van der Waals surface area contributed by atoms with Crippen molar-refractivity contribution in [3.8, 4) is 0 Å². The summed E-state index contributed by atoms with van der Waals surface area (Å²) in [5, 5.41) is 12.5. The van der Waals surface area contributed by atoms with Crippen molar-refractivity contribution in [2.24, 2.45) is 0 Å². The van der Waals surface area contributed by atoms with Crippen LogP contribution in [0.2, 0.25) is 0 Å². The molecule has 0 spiro atoms. The lowest BCUT2D eigenvalue weighted by atomic mass is 9.91. The van der Waals surface area contributed by atoms with Gasteiger partial charge < -0.3 is 4.52 Å². The van der Waals surface area contributed by atoms with E-state index in [1.54, 1.807) is 0 Å². The summed E-state index contributed by atoms with van der Waals surface area (Å²) in [5.74, 6) is 2.11. The second-order valence-corrected chi connectivity index (χ2v) is 8.23. The molecule has 1 N–H and O–H groups in total. The first-order chi connectivity index (χ1) is 11.4. The van der Waals surface area contributed by atoms with E-state index < -0.39 is 0 Å². The van der Waals surface area contributed by atoms with Crippen molar-refractivity contribution >= 4 is 0 Å². The second kappa shape index (κ2) is 5.69. The molecule has 2 aliphatic rings. The van der Waals surface area contributed by atoms with Gasteiger partial charge in [-0.25, -0.2) is 0 Å². The molecular formula is C18H27N5O. The highest BCUT2D eigenvalue weighted by atomic mass is 16.5. The Morgan fingerprint density at radius 1 is 1.29 bits per heavy atom. The molecule has 0 saturated heterocycles. The van der Waals surface area contributed by atoms with E-state index >= 15 is 0 Å². The van der Waals surface area contributed by atoms with Crippen LogP contribution in [0, 0.1) is 0 Å². The minimum Gasteiger partial charge on any atom is -0.338 e. The first kappa shape index (κ1) is 15.8. The summed E-state index contributed by atoms with van der Waals surface area (Å²) in [6.07, 6.45) is 7.82. The van der Waals surface area contributed by atoms with E-state index in [0.717, 1.165) is 18.7 Å². The van der Waals surface area contributed by atoms with Crippen LogP contribution < -0.4 is 5.32 Å². The Kier molecular flexibility index (Phi) is 3.75. The van der Waals surface area contributed by atoms with Crippen LogP contribution in [0.5, 0.6) is 0 Å². The standard InChI is InChI=1S/C18H27N5O/c1-11(17-21-16(22-24-17)12-8-9-12)20-14-6-5-7-15-13(14)10-19-23(15)18(2,3)4/h10-12,14,20H,5-9H2,1-4H3. The van der Waals surface area contributed by atoms with Crippen molar-refractivity contribution in [1.29, 1.82) is 0 Å². The molecular weight excluding hydrogens is 302 g/mol. The third-order valence-electron chi connectivity index (χ3n) is 5.04. The van der Waals surface area contributed by atoms with Gasteiger partial charge in [-0.2, -0.15) is 10.1 Å². The van der Waals surface area contributed by atoms with Crippen LogP contribution in [-0.4, -0.2) is 19.9 Å². The third-order valence-corrected chi connectivity index (χ3v) is 5.04. The van der Waals surface area contributed by atoms with Crippen LogP contribution in [0.3, 0.4) is 0 Å². The van der Waals surface area contributed by atoms with Gasteiger partial charge in [0.2, 0.25) is 5.89 Å². The summed E-state index contributed by atoms with van der Waals surface area (Å²) < 4.78 is 7.65. The molecule has 0 radical (unpaired) electrons. The maximum atomic E-state index is 5.47. The number of hydrogen-bond acceptors (Lipinski definition) is 5. The van der Waals surface area contributed by atoms with Crippen molar-refractivity contribution in [3.05, 3.63) is 29.2 Å². The predicted octanol–water partition coefficient (Wildman–Crippen LogP) is 3.63. The molecule has 4 rings (SSSR count). The Bertz CT molecular complexity index is 722. The zero-order valence-electron chi connectivity index (χ0n) is 15.0. The fourth-order valence-corrected chi connectivity index (χ4v) is 3.61. The molecule has 2 aromatic rings. The Hall–Kier alpha value is -1.69. The summed E-state index contributed by atoms with van der Waals surface area (Å²) in [6, 6.07) is 0.357. The van der Waals surface area contributed by atoms with Crippen molar-refractivity contribution < 1.29 is 4.52 Å². The SMILES string of the molecule is CC(NC1CCCc2c1cnn2C(C)(C)C)c1nc(C2CC2)no1. The summed E-state index contributed by atoms with van der Waals surface area (Å²) in [4.78, 5) is 4.58. The predicted molar refractivity (Wildman–Crippen MR) is 90.7 cm³/mol. The van der Waals surface area contributed by atoms with Gasteiger partial charge in [0.25, 0.3) is 0 Å². The lowest BCUT2D eigenvalue weighted by molar-refractivity contribution is 0.305. The van der Waals surface area contributed by atoms with Crippen molar-refractivity contribution in [2.75, 3.05) is 0 Å². The highest BCUT2D eigenvalue weighted by Gasteiger charge is 2.32. The average Bonchev–Trinajstić information content (AvgIpc) is 3.09. The quantitative estimate of drug-likeness (QED) is 0.927. The van der Waals surface area contributed by atoms with E-state index in [-0.39, 0.29) is 11.6 Å². The molecule has 2 unspecified atom stereocenters. The van der Waals surface area contributed by atoms with Crippen LogP contribution in [0.1, 0.15) is 94.4 Å². The van der Waals surface area contributed by atoms with E-state index in [1.165, 1.54) is 30.5 Å². The lowest BCUT2D eigenvalue weighted by Gasteiger charge is -2.29. The van der Waals surface area contributed by atoms with E-state index in [9.17, 15) is 0 Å². The van der Waals surface area contributed by atoms with E-state index in [4.69, 9.17) is 4.52 Å². The van der Waals surface area contributed by atoms with E-state index in [0.29, 0.717) is 17.9 Å².